The number of esters is 1. The number of carbonyl (C=O) groups is 1. The third-order valence-electron chi connectivity index (χ3n) is 2.31. The minimum Gasteiger partial charge on any atom is -0.466 e. The van der Waals surface area contributed by atoms with Gasteiger partial charge in [-0.1, -0.05) is 17.7 Å². The fourth-order valence-corrected chi connectivity index (χ4v) is 1.89. The van der Waals surface area contributed by atoms with Crippen molar-refractivity contribution >= 4 is 28.5 Å². The van der Waals surface area contributed by atoms with Crippen LogP contribution >= 0.6 is 11.6 Å². The average Bonchev–Trinajstić information content (AvgIpc) is 2.29. The number of benzene rings is 1. The fraction of sp³-hybridized carbons (Fsp3) is 0.250. The molecule has 0 bridgehead atoms. The SMILES string of the molecule is CCOC(=O)Cc1ncnc2cccc(Cl)c12. The second-order valence-electron chi connectivity index (χ2n) is 3.44. The molecule has 0 saturated carbocycles. The van der Waals surface area contributed by atoms with Crippen LogP contribution in [0.25, 0.3) is 10.9 Å². The number of halogens is 1. The summed E-state index contributed by atoms with van der Waals surface area (Å²) >= 11 is 6.09. The lowest BCUT2D eigenvalue weighted by Gasteiger charge is -2.06. The highest BCUT2D eigenvalue weighted by molar-refractivity contribution is 6.35. The van der Waals surface area contributed by atoms with Crippen molar-refractivity contribution < 1.29 is 9.53 Å². The number of rotatable bonds is 3. The monoisotopic (exact) mass is 250 g/mol. The predicted octanol–water partition coefficient (Wildman–Crippen LogP) is 2.39. The molecule has 17 heavy (non-hydrogen) atoms. The van der Waals surface area contributed by atoms with Crippen LogP contribution in [0.3, 0.4) is 0 Å². The van der Waals surface area contributed by atoms with Crippen LogP contribution in [-0.4, -0.2) is 22.5 Å². The molecular weight excluding hydrogens is 240 g/mol. The highest BCUT2D eigenvalue weighted by Gasteiger charge is 2.11. The number of nitrogens with zero attached hydrogens (tertiary/aromatic N) is 2. The molecule has 0 unspecified atom stereocenters. The Balaban J connectivity index is 2.43. The zero-order chi connectivity index (χ0) is 12.3. The van der Waals surface area contributed by atoms with E-state index in [0.717, 1.165) is 5.52 Å². The van der Waals surface area contributed by atoms with Gasteiger partial charge in [0.05, 0.1) is 29.3 Å². The van der Waals surface area contributed by atoms with E-state index in [1.165, 1.54) is 6.33 Å². The first-order valence-corrected chi connectivity index (χ1v) is 5.64. The zero-order valence-corrected chi connectivity index (χ0v) is 10.1. The molecule has 0 atom stereocenters. The van der Waals surface area contributed by atoms with Crippen molar-refractivity contribution in [2.45, 2.75) is 13.3 Å². The number of hydrogen-bond donors (Lipinski definition) is 0. The predicted molar refractivity (Wildman–Crippen MR) is 64.9 cm³/mol. The Morgan fingerprint density at radius 1 is 1.41 bits per heavy atom. The minimum atomic E-state index is -0.313. The summed E-state index contributed by atoms with van der Waals surface area (Å²) in [7, 11) is 0. The molecule has 0 fully saturated rings. The Labute approximate surface area is 104 Å². The van der Waals surface area contributed by atoms with Crippen LogP contribution in [-0.2, 0) is 16.0 Å². The molecule has 2 aromatic rings. The van der Waals surface area contributed by atoms with E-state index in [9.17, 15) is 4.79 Å². The molecule has 0 radical (unpaired) electrons. The molecule has 2 rings (SSSR count). The van der Waals surface area contributed by atoms with Crippen LogP contribution in [0.1, 0.15) is 12.6 Å². The molecule has 0 amide bonds. The number of fused-ring (bicyclic) bond motifs is 1. The van der Waals surface area contributed by atoms with Crippen LogP contribution in [0.15, 0.2) is 24.5 Å². The van der Waals surface area contributed by atoms with Crippen molar-refractivity contribution in [2.75, 3.05) is 6.61 Å². The summed E-state index contributed by atoms with van der Waals surface area (Å²) in [6, 6.07) is 5.39. The lowest BCUT2D eigenvalue weighted by atomic mass is 10.1. The van der Waals surface area contributed by atoms with Gasteiger partial charge in [0.15, 0.2) is 0 Å². The molecule has 0 aliphatic rings. The van der Waals surface area contributed by atoms with Crippen molar-refractivity contribution in [1.82, 2.24) is 9.97 Å². The summed E-state index contributed by atoms with van der Waals surface area (Å²) in [5.74, 6) is -0.313. The van der Waals surface area contributed by atoms with Gasteiger partial charge in [-0.3, -0.25) is 4.79 Å². The molecule has 5 heteroatoms. The van der Waals surface area contributed by atoms with Crippen LogP contribution in [0.4, 0.5) is 0 Å². The lowest BCUT2D eigenvalue weighted by molar-refractivity contribution is -0.142. The molecule has 88 valence electrons. The normalized spacial score (nSPS) is 10.5. The van der Waals surface area contributed by atoms with Gasteiger partial charge < -0.3 is 4.74 Å². The molecule has 4 nitrogen and oxygen atoms in total. The summed E-state index contributed by atoms with van der Waals surface area (Å²) in [6.45, 7) is 2.12. The zero-order valence-electron chi connectivity index (χ0n) is 9.31. The largest absolute Gasteiger partial charge is 0.466 e. The van der Waals surface area contributed by atoms with Gasteiger partial charge in [-0.25, -0.2) is 9.97 Å². The molecule has 1 heterocycles. The third kappa shape index (κ3) is 2.53. The van der Waals surface area contributed by atoms with Gasteiger partial charge in [-0.05, 0) is 19.1 Å². The Bertz CT molecular complexity index is 552. The van der Waals surface area contributed by atoms with Crippen molar-refractivity contribution in [3.05, 3.63) is 35.2 Å². The molecule has 1 aromatic carbocycles. The summed E-state index contributed by atoms with van der Waals surface area (Å²) in [5, 5.41) is 1.26. The molecule has 0 saturated heterocycles. The number of hydrogen-bond acceptors (Lipinski definition) is 4. The maximum Gasteiger partial charge on any atom is 0.311 e. The first kappa shape index (κ1) is 11.8. The smallest absolute Gasteiger partial charge is 0.311 e. The van der Waals surface area contributed by atoms with Crippen molar-refractivity contribution in [3.8, 4) is 0 Å². The second-order valence-corrected chi connectivity index (χ2v) is 3.84. The van der Waals surface area contributed by atoms with E-state index in [-0.39, 0.29) is 12.4 Å². The number of ether oxygens (including phenoxy) is 1. The van der Waals surface area contributed by atoms with E-state index in [1.54, 1.807) is 13.0 Å². The summed E-state index contributed by atoms with van der Waals surface area (Å²) in [6.07, 6.45) is 1.53. The van der Waals surface area contributed by atoms with Gasteiger partial charge >= 0.3 is 5.97 Å². The van der Waals surface area contributed by atoms with Crippen LogP contribution in [0.5, 0.6) is 0 Å². The second kappa shape index (κ2) is 5.10. The summed E-state index contributed by atoms with van der Waals surface area (Å²) < 4.78 is 4.89. The van der Waals surface area contributed by atoms with Crippen LogP contribution in [0, 0.1) is 0 Å². The van der Waals surface area contributed by atoms with Gasteiger partial charge in [0, 0.05) is 5.39 Å². The Morgan fingerprint density at radius 3 is 3.00 bits per heavy atom. The third-order valence-corrected chi connectivity index (χ3v) is 2.62. The first-order chi connectivity index (χ1) is 8.22. The first-order valence-electron chi connectivity index (χ1n) is 5.26. The van der Waals surface area contributed by atoms with Crippen molar-refractivity contribution in [2.24, 2.45) is 0 Å². The van der Waals surface area contributed by atoms with Gasteiger partial charge in [-0.2, -0.15) is 0 Å². The van der Waals surface area contributed by atoms with Crippen molar-refractivity contribution in [1.29, 1.82) is 0 Å². The molecule has 0 aliphatic carbocycles. The Hall–Kier alpha value is -1.68. The fourth-order valence-electron chi connectivity index (χ4n) is 1.61. The molecule has 0 spiro atoms. The topological polar surface area (TPSA) is 52.1 Å². The molecule has 0 aliphatic heterocycles. The average molecular weight is 251 g/mol. The van der Waals surface area contributed by atoms with E-state index in [0.29, 0.717) is 22.7 Å². The summed E-state index contributed by atoms with van der Waals surface area (Å²) in [4.78, 5) is 19.6. The standard InChI is InChI=1S/C12H11ClN2O2/c1-2-17-11(16)6-10-12-8(13)4-3-5-9(12)14-7-15-10/h3-5,7H,2,6H2,1H3. The van der Waals surface area contributed by atoms with Gasteiger partial charge in [0.2, 0.25) is 0 Å². The van der Waals surface area contributed by atoms with Gasteiger partial charge in [0.1, 0.15) is 6.33 Å². The van der Waals surface area contributed by atoms with E-state index in [1.807, 2.05) is 12.1 Å². The highest BCUT2D eigenvalue weighted by Crippen LogP contribution is 2.24. The maximum absolute atomic E-state index is 11.4. The summed E-state index contributed by atoms with van der Waals surface area (Å²) in [5.41, 5.74) is 1.32. The van der Waals surface area contributed by atoms with E-state index in [4.69, 9.17) is 16.3 Å². The van der Waals surface area contributed by atoms with E-state index >= 15 is 0 Å². The Kier molecular flexibility index (Phi) is 3.54. The maximum atomic E-state index is 11.4. The number of carbonyl (C=O) groups excluding carboxylic acids is 1. The lowest BCUT2D eigenvalue weighted by Crippen LogP contribution is -2.09. The van der Waals surface area contributed by atoms with Crippen LogP contribution < -0.4 is 0 Å². The van der Waals surface area contributed by atoms with E-state index in [2.05, 4.69) is 9.97 Å². The quantitative estimate of drug-likeness (QED) is 0.785. The van der Waals surface area contributed by atoms with Crippen LogP contribution in [0.2, 0.25) is 5.02 Å². The van der Waals surface area contributed by atoms with Gasteiger partial charge in [0.25, 0.3) is 0 Å². The van der Waals surface area contributed by atoms with E-state index < -0.39 is 0 Å². The molecule has 1 aromatic heterocycles. The molecular formula is C12H11ClN2O2. The van der Waals surface area contributed by atoms with Gasteiger partial charge in [-0.15, -0.1) is 0 Å². The molecule has 0 N–H and O–H groups in total. The van der Waals surface area contributed by atoms with Crippen molar-refractivity contribution in [3.63, 3.8) is 0 Å². The number of aromatic nitrogens is 2. The Morgan fingerprint density at radius 2 is 2.24 bits per heavy atom. The minimum absolute atomic E-state index is 0.108. The highest BCUT2D eigenvalue weighted by atomic mass is 35.5.